The molecule has 1 fully saturated rings. The number of urea groups is 1. The lowest BCUT2D eigenvalue weighted by Crippen LogP contribution is -2.49. The van der Waals surface area contributed by atoms with E-state index in [2.05, 4.69) is 21.8 Å². The van der Waals surface area contributed by atoms with Crippen molar-refractivity contribution >= 4 is 33.3 Å². The van der Waals surface area contributed by atoms with E-state index < -0.39 is 16.1 Å². The number of carbonyl (C=O) groups excluding carboxylic acids is 1. The van der Waals surface area contributed by atoms with Crippen molar-refractivity contribution in [2.75, 3.05) is 45.3 Å². The smallest absolute Gasteiger partial charge is 0.331 e. The molecule has 40 heavy (non-hydrogen) atoms. The van der Waals surface area contributed by atoms with E-state index in [9.17, 15) is 13.2 Å². The summed E-state index contributed by atoms with van der Waals surface area (Å²) >= 11 is 6.38. The lowest BCUT2D eigenvalue weighted by Gasteiger charge is -2.46. The SMILES string of the molecule is CO[C@@H]1/C=C\CN(C)C(=O)NS(=O)(=O)c2ccc3c(c2)N(C[C@@H]2CC[C@H]21)C[C@@]1(CCCc2cc(Cl)ccc21)CO3. The first-order chi connectivity index (χ1) is 19.2. The average molecular weight is 586 g/mol. The second-order valence-electron chi connectivity index (χ2n) is 11.7. The van der Waals surface area contributed by atoms with Crippen LogP contribution in [-0.2, 0) is 26.6 Å². The molecule has 4 atom stereocenters. The molecule has 2 aliphatic heterocycles. The van der Waals surface area contributed by atoms with Gasteiger partial charge in [-0.15, -0.1) is 0 Å². The second-order valence-corrected chi connectivity index (χ2v) is 13.8. The van der Waals surface area contributed by atoms with Crippen LogP contribution in [0, 0.1) is 11.8 Å². The van der Waals surface area contributed by atoms with Gasteiger partial charge in [0.15, 0.2) is 0 Å². The third kappa shape index (κ3) is 4.97. The molecule has 2 bridgehead atoms. The Morgan fingerprint density at radius 2 is 2.02 bits per heavy atom. The van der Waals surface area contributed by atoms with E-state index in [1.165, 1.54) is 22.1 Å². The van der Waals surface area contributed by atoms with Gasteiger partial charge in [0.05, 0.1) is 23.3 Å². The summed E-state index contributed by atoms with van der Waals surface area (Å²) in [6, 6.07) is 10.4. The van der Waals surface area contributed by atoms with E-state index >= 15 is 0 Å². The first kappa shape index (κ1) is 27.4. The van der Waals surface area contributed by atoms with Gasteiger partial charge in [-0.3, -0.25) is 0 Å². The molecular formula is C30H36ClN3O5S. The molecule has 214 valence electrons. The molecule has 0 radical (unpaired) electrons. The average Bonchev–Trinajstić information content (AvgIpc) is 3.06. The quantitative estimate of drug-likeness (QED) is 0.486. The minimum absolute atomic E-state index is 0.0405. The highest BCUT2D eigenvalue weighted by molar-refractivity contribution is 7.90. The van der Waals surface area contributed by atoms with Crippen LogP contribution in [0.5, 0.6) is 5.75 Å². The molecule has 2 aliphatic carbocycles. The van der Waals surface area contributed by atoms with Crippen LogP contribution < -0.4 is 14.4 Å². The molecule has 1 spiro atoms. The van der Waals surface area contributed by atoms with E-state index in [1.54, 1.807) is 26.3 Å². The van der Waals surface area contributed by atoms with Crippen LogP contribution in [0.2, 0.25) is 5.02 Å². The topological polar surface area (TPSA) is 88.2 Å². The molecule has 4 aliphatic rings. The third-order valence-electron chi connectivity index (χ3n) is 9.22. The number of sulfonamides is 1. The molecule has 1 saturated carbocycles. The number of halogens is 1. The number of ether oxygens (including phenoxy) is 2. The van der Waals surface area contributed by atoms with E-state index in [0.717, 1.165) is 49.4 Å². The minimum atomic E-state index is -4.10. The first-order valence-corrected chi connectivity index (χ1v) is 15.8. The Morgan fingerprint density at radius 3 is 2.80 bits per heavy atom. The fourth-order valence-corrected chi connectivity index (χ4v) is 8.09. The monoisotopic (exact) mass is 585 g/mol. The number of nitrogens with zero attached hydrogens (tertiary/aromatic N) is 2. The summed E-state index contributed by atoms with van der Waals surface area (Å²) in [5.41, 5.74) is 3.01. The maximum absolute atomic E-state index is 13.3. The van der Waals surface area contributed by atoms with Crippen LogP contribution in [0.1, 0.15) is 36.8 Å². The van der Waals surface area contributed by atoms with Crippen LogP contribution in [0.15, 0.2) is 53.4 Å². The Hall–Kier alpha value is -2.75. The summed E-state index contributed by atoms with van der Waals surface area (Å²) in [5.74, 6) is 1.36. The van der Waals surface area contributed by atoms with E-state index in [0.29, 0.717) is 30.7 Å². The van der Waals surface area contributed by atoms with Gasteiger partial charge in [-0.2, -0.15) is 0 Å². The maximum atomic E-state index is 13.3. The molecule has 2 amide bonds. The number of fused-ring (bicyclic) bond motifs is 4. The largest absolute Gasteiger partial charge is 0.490 e. The molecule has 6 rings (SSSR count). The van der Waals surface area contributed by atoms with Gasteiger partial charge in [-0.1, -0.05) is 29.8 Å². The first-order valence-electron chi connectivity index (χ1n) is 14.0. The number of rotatable bonds is 1. The molecule has 2 heterocycles. The van der Waals surface area contributed by atoms with Crippen molar-refractivity contribution in [1.29, 1.82) is 0 Å². The van der Waals surface area contributed by atoms with Gasteiger partial charge in [0.25, 0.3) is 10.0 Å². The molecule has 2 aromatic carbocycles. The van der Waals surface area contributed by atoms with Crippen LogP contribution in [-0.4, -0.2) is 65.9 Å². The lowest BCUT2D eigenvalue weighted by atomic mass is 9.68. The number of carbonyl (C=O) groups is 1. The fraction of sp³-hybridized carbons (Fsp3) is 0.500. The minimum Gasteiger partial charge on any atom is -0.490 e. The molecule has 2 aromatic rings. The molecule has 0 unspecified atom stereocenters. The molecule has 0 saturated heterocycles. The van der Waals surface area contributed by atoms with Crippen LogP contribution in [0.4, 0.5) is 10.5 Å². The molecule has 1 N–H and O–H groups in total. The Bertz CT molecular complexity index is 1450. The number of hydrogen-bond acceptors (Lipinski definition) is 6. The Kier molecular flexibility index (Phi) is 7.25. The van der Waals surface area contributed by atoms with Crippen molar-refractivity contribution in [2.24, 2.45) is 11.8 Å². The van der Waals surface area contributed by atoms with Crippen LogP contribution in [0.3, 0.4) is 0 Å². The molecule has 0 aromatic heterocycles. The van der Waals surface area contributed by atoms with Gasteiger partial charge in [0, 0.05) is 44.2 Å². The number of nitrogens with one attached hydrogen (secondary N) is 1. The van der Waals surface area contributed by atoms with Crippen molar-refractivity contribution in [3.8, 4) is 5.75 Å². The number of anilines is 1. The number of aryl methyl sites for hydroxylation is 1. The van der Waals surface area contributed by atoms with Crippen molar-refractivity contribution < 1.29 is 22.7 Å². The zero-order valence-electron chi connectivity index (χ0n) is 22.9. The van der Waals surface area contributed by atoms with E-state index in [1.807, 2.05) is 18.2 Å². The van der Waals surface area contributed by atoms with Crippen molar-refractivity contribution in [2.45, 2.75) is 48.5 Å². The van der Waals surface area contributed by atoms with Gasteiger partial charge in [0.2, 0.25) is 0 Å². The standard InChI is InChI=1S/C30H36ClN3O5S/c1-33-14-4-6-27(38-2)24-10-7-21(24)17-34-18-30(13-3-5-20-15-22(31)8-11-25(20)30)19-39-28-12-9-23(16-26(28)34)40(36,37)32-29(33)35/h4,6,8-9,11-12,15-16,21,24,27H,3,5,7,10,13-14,17-19H2,1-2H3,(H,32,35)/b6-4-/t21-,24+,27+,30-/m0/s1. The summed E-state index contributed by atoms with van der Waals surface area (Å²) in [7, 11) is -0.801. The Morgan fingerprint density at radius 1 is 1.18 bits per heavy atom. The van der Waals surface area contributed by atoms with Gasteiger partial charge in [-0.25, -0.2) is 17.9 Å². The predicted molar refractivity (Wildman–Crippen MR) is 155 cm³/mol. The van der Waals surface area contributed by atoms with Crippen molar-refractivity contribution in [3.05, 3.63) is 64.7 Å². The zero-order valence-corrected chi connectivity index (χ0v) is 24.5. The summed E-state index contributed by atoms with van der Waals surface area (Å²) in [5, 5.41) is 0.737. The summed E-state index contributed by atoms with van der Waals surface area (Å²) in [4.78, 5) is 16.5. The van der Waals surface area contributed by atoms with Crippen LogP contribution >= 0.6 is 11.6 Å². The molecular weight excluding hydrogens is 550 g/mol. The Balaban J connectivity index is 1.45. The number of hydrogen-bond donors (Lipinski definition) is 1. The maximum Gasteiger partial charge on any atom is 0.331 e. The normalized spacial score (nSPS) is 30.4. The summed E-state index contributed by atoms with van der Waals surface area (Å²) < 4.78 is 41.3. The number of benzene rings is 2. The van der Waals surface area contributed by atoms with Gasteiger partial charge in [0.1, 0.15) is 5.75 Å². The highest BCUT2D eigenvalue weighted by atomic mass is 35.5. The van der Waals surface area contributed by atoms with Gasteiger partial charge >= 0.3 is 6.03 Å². The van der Waals surface area contributed by atoms with E-state index in [4.69, 9.17) is 21.1 Å². The highest BCUT2D eigenvalue weighted by Gasteiger charge is 2.44. The van der Waals surface area contributed by atoms with E-state index in [-0.39, 0.29) is 23.0 Å². The lowest BCUT2D eigenvalue weighted by molar-refractivity contribution is 0.0131. The van der Waals surface area contributed by atoms with Gasteiger partial charge in [-0.05, 0) is 85.4 Å². The summed E-state index contributed by atoms with van der Waals surface area (Å²) in [6.45, 7) is 2.23. The molecule has 8 nitrogen and oxygen atoms in total. The fourth-order valence-electron chi connectivity index (χ4n) is 6.88. The second kappa shape index (κ2) is 10.6. The number of amides is 2. The van der Waals surface area contributed by atoms with Crippen LogP contribution in [0.25, 0.3) is 0 Å². The summed E-state index contributed by atoms with van der Waals surface area (Å²) in [6.07, 6.45) is 8.92. The Labute approximate surface area is 241 Å². The zero-order chi connectivity index (χ0) is 28.1. The van der Waals surface area contributed by atoms with Crippen molar-refractivity contribution in [3.63, 3.8) is 0 Å². The predicted octanol–water partition coefficient (Wildman–Crippen LogP) is 4.75. The molecule has 10 heteroatoms. The van der Waals surface area contributed by atoms with Gasteiger partial charge < -0.3 is 19.3 Å². The number of methoxy groups -OCH3 is 1. The number of likely N-dealkylation sites (N-methyl/N-ethyl adjacent to an activating group) is 1. The highest BCUT2D eigenvalue weighted by Crippen LogP contribution is 2.47. The van der Waals surface area contributed by atoms with Crippen molar-refractivity contribution in [1.82, 2.24) is 9.62 Å². The third-order valence-corrected chi connectivity index (χ3v) is 10.8.